The summed E-state index contributed by atoms with van der Waals surface area (Å²) in [6.45, 7) is 10.1. The van der Waals surface area contributed by atoms with Crippen molar-refractivity contribution in [3.8, 4) is 5.75 Å². The summed E-state index contributed by atoms with van der Waals surface area (Å²) < 4.78 is 0. The number of benzene rings is 1. The molecule has 1 amide bonds. The fourth-order valence-electron chi connectivity index (χ4n) is 3.23. The van der Waals surface area contributed by atoms with E-state index in [1.807, 2.05) is 6.92 Å². The van der Waals surface area contributed by atoms with Crippen molar-refractivity contribution in [2.24, 2.45) is 0 Å². The molecule has 1 aromatic carbocycles. The van der Waals surface area contributed by atoms with E-state index >= 15 is 0 Å². The maximum Gasteiger partial charge on any atom is 0.267 e. The summed E-state index contributed by atoms with van der Waals surface area (Å²) in [7, 11) is 2.16. The summed E-state index contributed by atoms with van der Waals surface area (Å²) in [6, 6.07) is 3.43. The van der Waals surface area contributed by atoms with E-state index in [-0.39, 0.29) is 11.7 Å². The highest BCUT2D eigenvalue weighted by atomic mass is 32.1. The van der Waals surface area contributed by atoms with Crippen LogP contribution >= 0.6 is 11.3 Å². The van der Waals surface area contributed by atoms with E-state index < -0.39 is 0 Å². The molecule has 3 rings (SSSR count). The molecular weight excluding hydrogens is 374 g/mol. The number of carbonyl (C=O) groups excluding carboxylic acids is 1. The van der Waals surface area contributed by atoms with E-state index in [4.69, 9.17) is 0 Å². The first-order valence-electron chi connectivity index (χ1n) is 9.65. The van der Waals surface area contributed by atoms with Gasteiger partial charge >= 0.3 is 0 Å². The van der Waals surface area contributed by atoms with Crippen molar-refractivity contribution < 1.29 is 9.90 Å². The number of likely N-dealkylation sites (N-methyl/N-ethyl adjacent to an activating group) is 1. The Balaban J connectivity index is 1.47. The van der Waals surface area contributed by atoms with Gasteiger partial charge in [-0.2, -0.15) is 0 Å². The molecule has 2 heterocycles. The number of amides is 1. The Bertz CT molecular complexity index is 815. The van der Waals surface area contributed by atoms with Crippen LogP contribution in [0.2, 0.25) is 0 Å². The minimum Gasteiger partial charge on any atom is -0.508 e. The predicted octanol–water partition coefficient (Wildman–Crippen LogP) is 2.77. The molecule has 2 aromatic rings. The summed E-state index contributed by atoms with van der Waals surface area (Å²) >= 11 is 1.35. The molecule has 0 spiro atoms. The highest BCUT2D eigenvalue weighted by Gasteiger charge is 2.15. The van der Waals surface area contributed by atoms with Gasteiger partial charge in [0.1, 0.15) is 10.6 Å². The molecule has 0 aliphatic carbocycles. The van der Waals surface area contributed by atoms with Crippen molar-refractivity contribution in [1.29, 1.82) is 0 Å². The van der Waals surface area contributed by atoms with Crippen LogP contribution in [0.4, 0.5) is 10.8 Å². The summed E-state index contributed by atoms with van der Waals surface area (Å²) in [5.74, 6) is -0.0345. The Labute approximate surface area is 170 Å². The van der Waals surface area contributed by atoms with Gasteiger partial charge in [-0.3, -0.25) is 4.79 Å². The fraction of sp³-hybridized carbons (Fsp3) is 0.500. The van der Waals surface area contributed by atoms with Crippen LogP contribution in [0.3, 0.4) is 0 Å². The van der Waals surface area contributed by atoms with Gasteiger partial charge in [0.15, 0.2) is 5.13 Å². The average molecular weight is 404 g/mol. The van der Waals surface area contributed by atoms with Crippen LogP contribution < -0.4 is 10.6 Å². The molecule has 8 heteroatoms. The first kappa shape index (κ1) is 20.6. The molecule has 1 aromatic heterocycles. The zero-order chi connectivity index (χ0) is 20.1. The standard InChI is InChI=1S/C20H29N5O2S/c1-14-5-6-16(26)15(2)18(14)23-19(27)17-13-22-20(28-17)21-7-4-8-25-11-9-24(3)10-12-25/h5-6,13,26H,4,7-12H2,1-3H3,(H,21,22)(H,23,27). The van der Waals surface area contributed by atoms with Crippen molar-refractivity contribution in [3.63, 3.8) is 0 Å². The van der Waals surface area contributed by atoms with Gasteiger partial charge in [-0.15, -0.1) is 0 Å². The van der Waals surface area contributed by atoms with E-state index in [0.29, 0.717) is 16.1 Å². The summed E-state index contributed by atoms with van der Waals surface area (Å²) in [6.07, 6.45) is 2.64. The predicted molar refractivity (Wildman–Crippen MR) is 115 cm³/mol. The zero-order valence-corrected chi connectivity index (χ0v) is 17.6. The van der Waals surface area contributed by atoms with Crippen molar-refractivity contribution >= 4 is 28.1 Å². The maximum atomic E-state index is 12.5. The molecule has 152 valence electrons. The lowest BCUT2D eigenvalue weighted by molar-refractivity contribution is 0.103. The second-order valence-electron chi connectivity index (χ2n) is 7.31. The lowest BCUT2D eigenvalue weighted by Crippen LogP contribution is -2.44. The second-order valence-corrected chi connectivity index (χ2v) is 8.34. The molecule has 1 aliphatic rings. The summed E-state index contributed by atoms with van der Waals surface area (Å²) in [5, 5.41) is 16.8. The third kappa shape index (κ3) is 5.21. The van der Waals surface area contributed by atoms with Gasteiger partial charge < -0.3 is 25.5 Å². The quantitative estimate of drug-likeness (QED) is 0.617. The molecule has 1 saturated heterocycles. The number of aryl methyl sites for hydroxylation is 1. The normalized spacial score (nSPS) is 15.5. The van der Waals surface area contributed by atoms with Crippen molar-refractivity contribution in [2.45, 2.75) is 20.3 Å². The Morgan fingerprint density at radius 3 is 2.75 bits per heavy atom. The van der Waals surface area contributed by atoms with Gasteiger partial charge in [0, 0.05) is 38.3 Å². The third-order valence-electron chi connectivity index (χ3n) is 5.14. The largest absolute Gasteiger partial charge is 0.508 e. The van der Waals surface area contributed by atoms with Crippen molar-refractivity contribution in [2.75, 3.05) is 56.9 Å². The Morgan fingerprint density at radius 1 is 1.25 bits per heavy atom. The average Bonchev–Trinajstić information content (AvgIpc) is 3.16. The van der Waals surface area contributed by atoms with Crippen LogP contribution in [0.1, 0.15) is 27.2 Å². The van der Waals surface area contributed by atoms with Gasteiger partial charge in [0.25, 0.3) is 5.91 Å². The Morgan fingerprint density at radius 2 is 2.00 bits per heavy atom. The van der Waals surface area contributed by atoms with Gasteiger partial charge in [0.05, 0.1) is 11.9 Å². The summed E-state index contributed by atoms with van der Waals surface area (Å²) in [5.41, 5.74) is 2.23. The van der Waals surface area contributed by atoms with Crippen molar-refractivity contribution in [1.82, 2.24) is 14.8 Å². The smallest absolute Gasteiger partial charge is 0.267 e. The van der Waals surface area contributed by atoms with Crippen LogP contribution in [-0.4, -0.2) is 72.1 Å². The number of hydrogen-bond acceptors (Lipinski definition) is 7. The molecule has 0 saturated carbocycles. The van der Waals surface area contributed by atoms with E-state index in [9.17, 15) is 9.90 Å². The lowest BCUT2D eigenvalue weighted by atomic mass is 10.1. The molecule has 0 atom stereocenters. The van der Waals surface area contributed by atoms with Gasteiger partial charge in [0.2, 0.25) is 0 Å². The fourth-order valence-corrected chi connectivity index (χ4v) is 3.97. The Hall–Kier alpha value is -2.16. The molecule has 0 unspecified atom stereocenters. The number of piperazine rings is 1. The highest BCUT2D eigenvalue weighted by molar-refractivity contribution is 7.17. The first-order chi connectivity index (χ1) is 13.4. The molecule has 7 nitrogen and oxygen atoms in total. The molecule has 1 aliphatic heterocycles. The number of rotatable bonds is 7. The van der Waals surface area contributed by atoms with Crippen LogP contribution in [-0.2, 0) is 0 Å². The molecular formula is C20H29N5O2S. The number of carbonyl (C=O) groups is 1. The molecule has 3 N–H and O–H groups in total. The zero-order valence-electron chi connectivity index (χ0n) is 16.8. The Kier molecular flexibility index (Phi) is 6.88. The minimum atomic E-state index is -0.209. The third-order valence-corrected chi connectivity index (χ3v) is 6.09. The number of aromatic hydroxyl groups is 1. The van der Waals surface area contributed by atoms with Crippen LogP contribution in [0.15, 0.2) is 18.3 Å². The van der Waals surface area contributed by atoms with E-state index in [0.717, 1.165) is 56.4 Å². The molecule has 28 heavy (non-hydrogen) atoms. The monoisotopic (exact) mass is 403 g/mol. The number of phenols is 1. The first-order valence-corrected chi connectivity index (χ1v) is 10.5. The number of nitrogens with zero attached hydrogens (tertiary/aromatic N) is 3. The number of phenolic OH excluding ortho intramolecular Hbond substituents is 1. The molecule has 0 bridgehead atoms. The van der Waals surface area contributed by atoms with Crippen LogP contribution in [0, 0.1) is 13.8 Å². The lowest BCUT2D eigenvalue weighted by Gasteiger charge is -2.32. The molecule has 1 fully saturated rings. The maximum absolute atomic E-state index is 12.5. The number of nitrogens with one attached hydrogen (secondary N) is 2. The van der Waals surface area contributed by atoms with E-state index in [2.05, 4.69) is 32.5 Å². The number of thiazole rings is 1. The number of aromatic nitrogens is 1. The van der Waals surface area contributed by atoms with Gasteiger partial charge in [-0.1, -0.05) is 17.4 Å². The molecule has 0 radical (unpaired) electrons. The highest BCUT2D eigenvalue weighted by Crippen LogP contribution is 2.29. The van der Waals surface area contributed by atoms with E-state index in [1.165, 1.54) is 11.3 Å². The number of hydrogen-bond donors (Lipinski definition) is 3. The minimum absolute atomic E-state index is 0.174. The van der Waals surface area contributed by atoms with Crippen LogP contribution in [0.5, 0.6) is 5.75 Å². The van der Waals surface area contributed by atoms with Crippen molar-refractivity contribution in [3.05, 3.63) is 34.3 Å². The second kappa shape index (κ2) is 9.36. The number of anilines is 2. The SMILES string of the molecule is Cc1ccc(O)c(C)c1NC(=O)c1cnc(NCCCN2CCN(C)CC2)s1. The van der Waals surface area contributed by atoms with Gasteiger partial charge in [-0.25, -0.2) is 4.98 Å². The topological polar surface area (TPSA) is 80.7 Å². The van der Waals surface area contributed by atoms with Crippen LogP contribution in [0.25, 0.3) is 0 Å². The van der Waals surface area contributed by atoms with E-state index in [1.54, 1.807) is 25.3 Å². The van der Waals surface area contributed by atoms with Gasteiger partial charge in [-0.05, 0) is 45.5 Å². The summed E-state index contributed by atoms with van der Waals surface area (Å²) in [4.78, 5) is 22.2.